The number of amides is 1. The van der Waals surface area contributed by atoms with Crippen LogP contribution in [0.25, 0.3) is 0 Å². The van der Waals surface area contributed by atoms with Crippen LogP contribution >= 0.6 is 0 Å². The molecule has 8 heteroatoms. The number of carbonyl (C=O) groups excluding carboxylic acids is 1. The molecule has 2 aliphatic heterocycles. The molecule has 4 rings (SSSR count). The summed E-state index contributed by atoms with van der Waals surface area (Å²) in [5.41, 5.74) is 2.16. The van der Waals surface area contributed by atoms with E-state index in [-0.39, 0.29) is 12.0 Å². The maximum Gasteiger partial charge on any atom is 0.273 e. The van der Waals surface area contributed by atoms with Gasteiger partial charge in [0.1, 0.15) is 11.9 Å². The highest BCUT2D eigenvalue weighted by atomic mass is 16.5. The third-order valence-corrected chi connectivity index (χ3v) is 5.69. The quantitative estimate of drug-likeness (QED) is 0.719. The number of piperidine rings is 1. The van der Waals surface area contributed by atoms with Crippen LogP contribution in [-0.2, 0) is 17.9 Å². The lowest BCUT2D eigenvalue weighted by molar-refractivity contribution is -0.00179. The largest absolute Gasteiger partial charge is 0.497 e. The van der Waals surface area contributed by atoms with Crippen molar-refractivity contribution in [3.63, 3.8) is 0 Å². The SMILES string of the molecule is COc1ccc([C@H]2Cn3nnc(C(=O)NCCCN4CCCCC4)c3CO2)cc1. The zero-order valence-electron chi connectivity index (χ0n) is 17.0. The summed E-state index contributed by atoms with van der Waals surface area (Å²) in [7, 11) is 1.65. The summed E-state index contributed by atoms with van der Waals surface area (Å²) in [4.78, 5) is 15.0. The highest BCUT2D eigenvalue weighted by Crippen LogP contribution is 2.28. The summed E-state index contributed by atoms with van der Waals surface area (Å²) in [5, 5.41) is 11.3. The van der Waals surface area contributed by atoms with E-state index in [2.05, 4.69) is 20.5 Å². The van der Waals surface area contributed by atoms with Crippen LogP contribution in [0.4, 0.5) is 0 Å². The Morgan fingerprint density at radius 3 is 2.79 bits per heavy atom. The van der Waals surface area contributed by atoms with Gasteiger partial charge in [-0.15, -0.1) is 5.10 Å². The van der Waals surface area contributed by atoms with Gasteiger partial charge < -0.3 is 19.7 Å². The number of methoxy groups -OCH3 is 1. The van der Waals surface area contributed by atoms with Crippen molar-refractivity contribution in [2.45, 2.75) is 44.9 Å². The van der Waals surface area contributed by atoms with Gasteiger partial charge in [-0.2, -0.15) is 0 Å². The molecule has 156 valence electrons. The van der Waals surface area contributed by atoms with Gasteiger partial charge >= 0.3 is 0 Å². The third kappa shape index (κ3) is 4.76. The number of nitrogens with one attached hydrogen (secondary N) is 1. The number of nitrogens with zero attached hydrogens (tertiary/aromatic N) is 4. The average molecular weight is 399 g/mol. The predicted octanol–water partition coefficient (Wildman–Crippen LogP) is 2.16. The summed E-state index contributed by atoms with van der Waals surface area (Å²) in [6.07, 6.45) is 4.75. The second-order valence-electron chi connectivity index (χ2n) is 7.65. The Bertz CT molecular complexity index is 814. The summed E-state index contributed by atoms with van der Waals surface area (Å²) in [5.74, 6) is 0.640. The molecule has 8 nitrogen and oxygen atoms in total. The van der Waals surface area contributed by atoms with Crippen molar-refractivity contribution in [2.75, 3.05) is 33.3 Å². The molecule has 2 aromatic rings. The molecule has 0 unspecified atom stereocenters. The van der Waals surface area contributed by atoms with Gasteiger partial charge in [-0.05, 0) is 56.6 Å². The van der Waals surface area contributed by atoms with Gasteiger partial charge in [0.2, 0.25) is 0 Å². The van der Waals surface area contributed by atoms with Crippen LogP contribution in [0.15, 0.2) is 24.3 Å². The summed E-state index contributed by atoms with van der Waals surface area (Å²) in [6.45, 7) is 4.90. The van der Waals surface area contributed by atoms with Crippen LogP contribution in [-0.4, -0.2) is 59.1 Å². The minimum atomic E-state index is -0.170. The minimum absolute atomic E-state index is 0.115. The normalized spacial score (nSPS) is 19.6. The summed E-state index contributed by atoms with van der Waals surface area (Å²) in [6, 6.07) is 7.80. The van der Waals surface area contributed by atoms with Gasteiger partial charge in [-0.25, -0.2) is 4.68 Å². The fraction of sp³-hybridized carbons (Fsp3) is 0.571. The number of fused-ring (bicyclic) bond motifs is 1. The second-order valence-corrected chi connectivity index (χ2v) is 7.65. The monoisotopic (exact) mass is 399 g/mol. The molecule has 0 spiro atoms. The second kappa shape index (κ2) is 9.37. The first-order valence-corrected chi connectivity index (χ1v) is 10.4. The summed E-state index contributed by atoms with van der Waals surface area (Å²) >= 11 is 0. The fourth-order valence-corrected chi connectivity index (χ4v) is 3.98. The Morgan fingerprint density at radius 1 is 1.24 bits per heavy atom. The lowest BCUT2D eigenvalue weighted by Gasteiger charge is -2.26. The number of aromatic nitrogens is 3. The van der Waals surface area contributed by atoms with Crippen LogP contribution < -0.4 is 10.1 Å². The lowest BCUT2D eigenvalue weighted by Crippen LogP contribution is -2.33. The van der Waals surface area contributed by atoms with Crippen molar-refractivity contribution in [1.82, 2.24) is 25.2 Å². The maximum atomic E-state index is 12.5. The van der Waals surface area contributed by atoms with Crippen LogP contribution in [0.5, 0.6) is 5.75 Å². The first-order valence-electron chi connectivity index (χ1n) is 10.4. The minimum Gasteiger partial charge on any atom is -0.497 e. The molecule has 1 saturated heterocycles. The van der Waals surface area contributed by atoms with Crippen molar-refractivity contribution in [3.8, 4) is 5.75 Å². The van der Waals surface area contributed by atoms with Crippen LogP contribution in [0.3, 0.4) is 0 Å². The van der Waals surface area contributed by atoms with Gasteiger partial charge in [-0.1, -0.05) is 23.8 Å². The molecule has 1 aromatic heterocycles. The van der Waals surface area contributed by atoms with Gasteiger partial charge in [-0.3, -0.25) is 4.79 Å². The summed E-state index contributed by atoms with van der Waals surface area (Å²) < 4.78 is 13.0. The first-order chi connectivity index (χ1) is 14.2. The topological polar surface area (TPSA) is 81.5 Å². The maximum absolute atomic E-state index is 12.5. The number of hydrogen-bond acceptors (Lipinski definition) is 6. The molecule has 29 heavy (non-hydrogen) atoms. The number of ether oxygens (including phenoxy) is 2. The number of hydrogen-bond donors (Lipinski definition) is 1. The Hall–Kier alpha value is -2.45. The highest BCUT2D eigenvalue weighted by Gasteiger charge is 2.27. The van der Waals surface area contributed by atoms with Gasteiger partial charge in [0.15, 0.2) is 5.69 Å². The van der Waals surface area contributed by atoms with E-state index in [1.54, 1.807) is 11.8 Å². The molecule has 1 atom stereocenters. The molecule has 1 fully saturated rings. The van der Waals surface area contributed by atoms with E-state index in [0.717, 1.165) is 30.0 Å². The van der Waals surface area contributed by atoms with E-state index in [9.17, 15) is 4.79 Å². The van der Waals surface area contributed by atoms with E-state index >= 15 is 0 Å². The Labute approximate surface area is 171 Å². The fourth-order valence-electron chi connectivity index (χ4n) is 3.98. The molecule has 1 aromatic carbocycles. The molecule has 0 saturated carbocycles. The van der Waals surface area contributed by atoms with E-state index in [4.69, 9.17) is 9.47 Å². The third-order valence-electron chi connectivity index (χ3n) is 5.69. The highest BCUT2D eigenvalue weighted by molar-refractivity contribution is 5.93. The average Bonchev–Trinajstić information content (AvgIpc) is 3.21. The van der Waals surface area contributed by atoms with Crippen LogP contribution in [0, 0.1) is 0 Å². The zero-order valence-corrected chi connectivity index (χ0v) is 17.0. The van der Waals surface area contributed by atoms with Crippen molar-refractivity contribution in [1.29, 1.82) is 0 Å². The van der Waals surface area contributed by atoms with Gasteiger partial charge in [0.05, 0.1) is 26.0 Å². The van der Waals surface area contributed by atoms with Crippen LogP contribution in [0.2, 0.25) is 0 Å². The number of carbonyl (C=O) groups is 1. The molecule has 0 aliphatic carbocycles. The Balaban J connectivity index is 1.29. The molecular weight excluding hydrogens is 370 g/mol. The smallest absolute Gasteiger partial charge is 0.273 e. The van der Waals surface area contributed by atoms with Crippen LogP contribution in [0.1, 0.15) is 53.5 Å². The van der Waals surface area contributed by atoms with E-state index in [0.29, 0.717) is 25.4 Å². The van der Waals surface area contributed by atoms with E-state index in [1.807, 2.05) is 24.3 Å². The molecular formula is C21H29N5O3. The number of benzene rings is 1. The molecule has 0 radical (unpaired) electrons. The van der Waals surface area contributed by atoms with E-state index < -0.39 is 0 Å². The lowest BCUT2D eigenvalue weighted by atomic mass is 10.1. The van der Waals surface area contributed by atoms with Crippen molar-refractivity contribution in [3.05, 3.63) is 41.2 Å². The zero-order chi connectivity index (χ0) is 20.1. The van der Waals surface area contributed by atoms with Crippen molar-refractivity contribution in [2.24, 2.45) is 0 Å². The van der Waals surface area contributed by atoms with Gasteiger partial charge in [0.25, 0.3) is 5.91 Å². The molecule has 2 aliphatic rings. The molecule has 0 bridgehead atoms. The standard InChI is InChI=1S/C21H29N5O3/c1-28-17-8-6-16(7-9-17)19-14-26-18(15-29-19)20(23-24-26)21(27)22-10-5-13-25-11-3-2-4-12-25/h6-9,19H,2-5,10-15H2,1H3,(H,22,27)/t19-/m1/s1. The Kier molecular flexibility index (Phi) is 6.41. The molecule has 1 N–H and O–H groups in total. The predicted molar refractivity (Wildman–Crippen MR) is 108 cm³/mol. The van der Waals surface area contributed by atoms with Crippen molar-refractivity contribution >= 4 is 5.91 Å². The Morgan fingerprint density at radius 2 is 2.03 bits per heavy atom. The number of rotatable bonds is 7. The van der Waals surface area contributed by atoms with Gasteiger partial charge in [0, 0.05) is 6.54 Å². The first kappa shape index (κ1) is 19.8. The molecule has 3 heterocycles. The molecule has 1 amide bonds. The van der Waals surface area contributed by atoms with E-state index in [1.165, 1.54) is 32.4 Å². The number of likely N-dealkylation sites (tertiary alicyclic amines) is 1. The van der Waals surface area contributed by atoms with Crippen molar-refractivity contribution < 1.29 is 14.3 Å².